The third-order valence-electron chi connectivity index (χ3n) is 4.31. The minimum absolute atomic E-state index is 0.0456. The van der Waals surface area contributed by atoms with Crippen molar-refractivity contribution in [2.75, 3.05) is 13.2 Å². The van der Waals surface area contributed by atoms with E-state index in [4.69, 9.17) is 4.74 Å². The summed E-state index contributed by atoms with van der Waals surface area (Å²) in [6.07, 6.45) is 1.84. The topological polar surface area (TPSA) is 38.3 Å². The molecule has 5 heteroatoms. The highest BCUT2D eigenvalue weighted by Gasteiger charge is 2.28. The third kappa shape index (κ3) is 3.79. The molecule has 0 radical (unpaired) electrons. The number of hydrogen-bond donors (Lipinski definition) is 1. The normalized spacial score (nSPS) is 17.0. The Morgan fingerprint density at radius 2 is 2.13 bits per heavy atom. The number of benzene rings is 1. The van der Waals surface area contributed by atoms with E-state index in [2.05, 4.69) is 5.32 Å². The van der Waals surface area contributed by atoms with Crippen molar-refractivity contribution in [1.82, 2.24) is 5.32 Å². The molecule has 1 amide bonds. The molecule has 2 aromatic rings. The van der Waals surface area contributed by atoms with Gasteiger partial charge in [-0.25, -0.2) is 4.39 Å². The van der Waals surface area contributed by atoms with Crippen LogP contribution < -0.4 is 5.32 Å². The molecule has 3 nitrogen and oxygen atoms in total. The molecule has 3 rings (SSSR count). The van der Waals surface area contributed by atoms with Crippen LogP contribution in [0.3, 0.4) is 0 Å². The quantitative estimate of drug-likeness (QED) is 0.915. The summed E-state index contributed by atoms with van der Waals surface area (Å²) in [5.41, 5.74) is 0.905. The molecule has 1 atom stereocenters. The Hall–Kier alpha value is -1.72. The van der Waals surface area contributed by atoms with Gasteiger partial charge in [0.1, 0.15) is 5.82 Å². The Balaban J connectivity index is 1.80. The fraction of sp³-hybridized carbons (Fsp3) is 0.389. The number of nitrogens with one attached hydrogen (secondary N) is 1. The second kappa shape index (κ2) is 7.23. The second-order valence-corrected chi connectivity index (χ2v) is 6.86. The van der Waals surface area contributed by atoms with Crippen LogP contribution in [0.5, 0.6) is 0 Å². The number of amides is 1. The van der Waals surface area contributed by atoms with Crippen molar-refractivity contribution in [3.63, 3.8) is 0 Å². The summed E-state index contributed by atoms with van der Waals surface area (Å²) in [6, 6.07) is 8.60. The van der Waals surface area contributed by atoms with E-state index in [1.165, 1.54) is 6.07 Å². The van der Waals surface area contributed by atoms with Gasteiger partial charge in [0.15, 0.2) is 0 Å². The zero-order chi connectivity index (χ0) is 16.2. The lowest BCUT2D eigenvalue weighted by atomic mass is 9.90. The van der Waals surface area contributed by atoms with Crippen molar-refractivity contribution in [1.29, 1.82) is 0 Å². The van der Waals surface area contributed by atoms with Gasteiger partial charge >= 0.3 is 0 Å². The van der Waals surface area contributed by atoms with E-state index in [1.54, 1.807) is 30.4 Å². The molecule has 0 spiro atoms. The van der Waals surface area contributed by atoms with Gasteiger partial charge in [-0.3, -0.25) is 4.79 Å². The van der Waals surface area contributed by atoms with Crippen molar-refractivity contribution < 1.29 is 13.9 Å². The molecule has 1 saturated heterocycles. The van der Waals surface area contributed by atoms with E-state index in [0.717, 1.165) is 30.9 Å². The van der Waals surface area contributed by atoms with Crippen LogP contribution in [0, 0.1) is 18.7 Å². The first kappa shape index (κ1) is 16.1. The average Bonchev–Trinajstić information content (AvgIpc) is 3.10. The molecule has 1 aromatic carbocycles. The number of halogens is 1. The highest BCUT2D eigenvalue weighted by atomic mass is 32.1. The molecule has 1 aromatic heterocycles. The van der Waals surface area contributed by atoms with Gasteiger partial charge in [0, 0.05) is 23.7 Å². The molecular weight excluding hydrogens is 313 g/mol. The lowest BCUT2D eigenvalue weighted by Gasteiger charge is -2.30. The van der Waals surface area contributed by atoms with Crippen LogP contribution in [0.15, 0.2) is 35.7 Å². The van der Waals surface area contributed by atoms with Gasteiger partial charge in [0.25, 0.3) is 5.91 Å². The largest absolute Gasteiger partial charge is 0.381 e. The molecule has 23 heavy (non-hydrogen) atoms. The van der Waals surface area contributed by atoms with Crippen LogP contribution in [0.1, 0.15) is 39.7 Å². The van der Waals surface area contributed by atoms with Crippen LogP contribution >= 0.6 is 11.3 Å². The van der Waals surface area contributed by atoms with Gasteiger partial charge in [0.2, 0.25) is 0 Å². The predicted octanol–water partition coefficient (Wildman–Crippen LogP) is 4.09. The van der Waals surface area contributed by atoms with Crippen molar-refractivity contribution in [2.24, 2.45) is 5.92 Å². The van der Waals surface area contributed by atoms with Gasteiger partial charge in [-0.05, 0) is 54.8 Å². The summed E-state index contributed by atoms with van der Waals surface area (Å²) in [7, 11) is 0. The minimum atomic E-state index is -0.351. The first-order valence-corrected chi connectivity index (χ1v) is 8.71. The maximum Gasteiger partial charge on any atom is 0.251 e. The van der Waals surface area contributed by atoms with Crippen molar-refractivity contribution in [3.8, 4) is 0 Å². The van der Waals surface area contributed by atoms with Gasteiger partial charge in [-0.2, -0.15) is 0 Å². The van der Waals surface area contributed by atoms with Gasteiger partial charge in [-0.15, -0.1) is 11.3 Å². The SMILES string of the molecule is Cc1ccc(C(=O)N[C@@H](c2cccs2)C2CCOCC2)cc1F. The highest BCUT2D eigenvalue weighted by Crippen LogP contribution is 2.32. The van der Waals surface area contributed by atoms with Crippen LogP contribution in [-0.4, -0.2) is 19.1 Å². The van der Waals surface area contributed by atoms with Crippen molar-refractivity contribution in [2.45, 2.75) is 25.8 Å². The smallest absolute Gasteiger partial charge is 0.251 e. The van der Waals surface area contributed by atoms with Gasteiger partial charge < -0.3 is 10.1 Å². The number of thiophene rings is 1. The molecule has 1 N–H and O–H groups in total. The Kier molecular flexibility index (Phi) is 5.08. The summed E-state index contributed by atoms with van der Waals surface area (Å²) in [6.45, 7) is 3.14. The number of aryl methyl sites for hydroxylation is 1. The van der Waals surface area contributed by atoms with E-state index < -0.39 is 0 Å². The summed E-state index contributed by atoms with van der Waals surface area (Å²) in [4.78, 5) is 13.7. The number of rotatable bonds is 4. The predicted molar refractivity (Wildman–Crippen MR) is 89.2 cm³/mol. The minimum Gasteiger partial charge on any atom is -0.381 e. The van der Waals surface area contributed by atoms with Crippen LogP contribution in [0.25, 0.3) is 0 Å². The summed E-state index contributed by atoms with van der Waals surface area (Å²) < 4.78 is 19.1. The lowest BCUT2D eigenvalue weighted by Crippen LogP contribution is -2.35. The van der Waals surface area contributed by atoms with E-state index in [-0.39, 0.29) is 17.8 Å². The van der Waals surface area contributed by atoms with Gasteiger partial charge in [-0.1, -0.05) is 12.1 Å². The maximum absolute atomic E-state index is 13.7. The molecule has 1 aliphatic heterocycles. The molecule has 0 aliphatic carbocycles. The Bertz CT molecular complexity index is 666. The third-order valence-corrected chi connectivity index (χ3v) is 5.26. The van der Waals surface area contributed by atoms with Crippen LogP contribution in [0.2, 0.25) is 0 Å². The van der Waals surface area contributed by atoms with E-state index in [1.807, 2.05) is 17.5 Å². The highest BCUT2D eigenvalue weighted by molar-refractivity contribution is 7.10. The fourth-order valence-electron chi connectivity index (χ4n) is 2.90. The molecule has 0 unspecified atom stereocenters. The molecule has 2 heterocycles. The summed E-state index contributed by atoms with van der Waals surface area (Å²) in [5.74, 6) is -0.230. The Morgan fingerprint density at radius 1 is 1.35 bits per heavy atom. The van der Waals surface area contributed by atoms with Crippen molar-refractivity contribution >= 4 is 17.2 Å². The number of carbonyl (C=O) groups excluding carboxylic acids is 1. The first-order valence-electron chi connectivity index (χ1n) is 7.83. The first-order chi connectivity index (χ1) is 11.1. The Labute approximate surface area is 139 Å². The van der Waals surface area contributed by atoms with Crippen molar-refractivity contribution in [3.05, 3.63) is 57.5 Å². The number of ether oxygens (including phenoxy) is 1. The van der Waals surface area contributed by atoms with E-state index in [0.29, 0.717) is 17.0 Å². The second-order valence-electron chi connectivity index (χ2n) is 5.88. The fourth-order valence-corrected chi connectivity index (χ4v) is 3.77. The standard InChI is InChI=1S/C18H20FNO2S/c1-12-4-5-14(11-15(12)19)18(21)20-17(16-3-2-10-23-16)13-6-8-22-9-7-13/h2-5,10-11,13,17H,6-9H2,1H3,(H,20,21)/t17-/m1/s1. The zero-order valence-corrected chi connectivity index (χ0v) is 13.9. The van der Waals surface area contributed by atoms with Gasteiger partial charge in [0.05, 0.1) is 6.04 Å². The summed E-state index contributed by atoms with van der Waals surface area (Å²) in [5, 5.41) is 5.11. The van der Waals surface area contributed by atoms with Crippen LogP contribution in [-0.2, 0) is 4.74 Å². The number of hydrogen-bond acceptors (Lipinski definition) is 3. The summed E-state index contributed by atoms with van der Waals surface area (Å²) >= 11 is 1.64. The maximum atomic E-state index is 13.7. The van der Waals surface area contributed by atoms with E-state index >= 15 is 0 Å². The molecule has 122 valence electrons. The van der Waals surface area contributed by atoms with Crippen LogP contribution in [0.4, 0.5) is 4.39 Å². The lowest BCUT2D eigenvalue weighted by molar-refractivity contribution is 0.0518. The molecule has 0 bridgehead atoms. The molecule has 0 saturated carbocycles. The average molecular weight is 333 g/mol. The molecule has 1 aliphatic rings. The zero-order valence-electron chi connectivity index (χ0n) is 13.0. The Morgan fingerprint density at radius 3 is 2.78 bits per heavy atom. The monoisotopic (exact) mass is 333 g/mol. The molecule has 1 fully saturated rings. The molecular formula is C18H20FNO2S. The number of carbonyl (C=O) groups is 1. The van der Waals surface area contributed by atoms with E-state index in [9.17, 15) is 9.18 Å².